The van der Waals surface area contributed by atoms with E-state index in [1.165, 1.54) is 23.9 Å². The predicted molar refractivity (Wildman–Crippen MR) is 141 cm³/mol. The fraction of sp³-hybridized carbons (Fsp3) is 0.393. The number of rotatable bonds is 5. The van der Waals surface area contributed by atoms with Gasteiger partial charge in [-0.05, 0) is 49.1 Å². The number of aryl methyl sites for hydroxylation is 1. The van der Waals surface area contributed by atoms with E-state index < -0.39 is 0 Å². The normalized spacial score (nSPS) is 18.1. The maximum atomic E-state index is 13.8. The molecule has 2 amide bonds. The lowest BCUT2D eigenvalue weighted by Crippen LogP contribution is -2.43. The van der Waals surface area contributed by atoms with Gasteiger partial charge in [0.05, 0.1) is 22.4 Å². The third-order valence-corrected chi connectivity index (χ3v) is 7.81. The largest absolute Gasteiger partial charge is 0.352 e. The van der Waals surface area contributed by atoms with Crippen LogP contribution < -0.4 is 10.2 Å². The van der Waals surface area contributed by atoms with Gasteiger partial charge in [-0.25, -0.2) is 9.07 Å². The molecule has 1 saturated carbocycles. The number of aromatic nitrogens is 2. The van der Waals surface area contributed by atoms with E-state index in [-0.39, 0.29) is 46.6 Å². The summed E-state index contributed by atoms with van der Waals surface area (Å²) in [6.45, 7) is 8.23. The van der Waals surface area contributed by atoms with Crippen LogP contribution in [0.15, 0.2) is 48.5 Å². The molecule has 188 valence electrons. The van der Waals surface area contributed by atoms with E-state index in [0.29, 0.717) is 5.82 Å². The van der Waals surface area contributed by atoms with Gasteiger partial charge in [-0.1, -0.05) is 51.1 Å². The Morgan fingerprint density at radius 1 is 1.14 bits per heavy atom. The van der Waals surface area contributed by atoms with Crippen LogP contribution >= 0.6 is 11.8 Å². The first-order valence-corrected chi connectivity index (χ1v) is 13.3. The molecule has 0 unspecified atom stereocenters. The molecule has 6 nitrogen and oxygen atoms in total. The van der Waals surface area contributed by atoms with Crippen molar-refractivity contribution < 1.29 is 14.0 Å². The highest BCUT2D eigenvalue weighted by molar-refractivity contribution is 8.00. The van der Waals surface area contributed by atoms with Gasteiger partial charge in [-0.2, -0.15) is 5.10 Å². The van der Waals surface area contributed by atoms with E-state index in [2.05, 4.69) is 26.1 Å². The molecule has 1 fully saturated rings. The summed E-state index contributed by atoms with van der Waals surface area (Å²) in [5, 5.41) is 7.87. The Morgan fingerprint density at radius 3 is 2.47 bits per heavy atom. The number of carbonyl (C=O) groups is 2. The number of benzene rings is 2. The lowest BCUT2D eigenvalue weighted by Gasteiger charge is -2.24. The molecule has 1 aromatic heterocycles. The highest BCUT2D eigenvalue weighted by Crippen LogP contribution is 2.48. The smallest absolute Gasteiger partial charge is 0.240 e. The van der Waals surface area contributed by atoms with Gasteiger partial charge >= 0.3 is 0 Å². The molecule has 2 aromatic carbocycles. The molecule has 1 N–H and O–H groups in total. The van der Waals surface area contributed by atoms with Crippen molar-refractivity contribution in [2.24, 2.45) is 0 Å². The molecule has 0 bridgehead atoms. The highest BCUT2D eigenvalue weighted by atomic mass is 32.2. The van der Waals surface area contributed by atoms with Crippen molar-refractivity contribution >= 4 is 29.4 Å². The molecule has 1 atom stereocenters. The van der Waals surface area contributed by atoms with E-state index in [4.69, 9.17) is 5.10 Å². The van der Waals surface area contributed by atoms with Gasteiger partial charge in [-0.15, -0.1) is 11.8 Å². The Bertz CT molecular complexity index is 1310. The number of halogens is 1. The molecule has 2 heterocycles. The van der Waals surface area contributed by atoms with Crippen LogP contribution in [0.3, 0.4) is 0 Å². The van der Waals surface area contributed by atoms with Crippen LogP contribution in [0.5, 0.6) is 0 Å². The maximum absolute atomic E-state index is 13.8. The minimum absolute atomic E-state index is 0.0693. The second-order valence-corrected chi connectivity index (χ2v) is 11.7. The van der Waals surface area contributed by atoms with Crippen molar-refractivity contribution in [3.63, 3.8) is 0 Å². The zero-order valence-electron chi connectivity index (χ0n) is 21.0. The lowest BCUT2D eigenvalue weighted by molar-refractivity contribution is -0.123. The summed E-state index contributed by atoms with van der Waals surface area (Å²) in [7, 11) is 0. The van der Waals surface area contributed by atoms with Gasteiger partial charge in [0, 0.05) is 17.0 Å². The van der Waals surface area contributed by atoms with Crippen LogP contribution in [-0.4, -0.2) is 39.9 Å². The Balaban J connectivity index is 1.75. The zero-order valence-corrected chi connectivity index (χ0v) is 21.9. The van der Waals surface area contributed by atoms with Crippen molar-refractivity contribution in [2.75, 3.05) is 17.2 Å². The van der Waals surface area contributed by atoms with Crippen LogP contribution in [0.4, 0.5) is 10.2 Å². The van der Waals surface area contributed by atoms with Crippen molar-refractivity contribution in [1.29, 1.82) is 0 Å². The maximum Gasteiger partial charge on any atom is 0.240 e. The molecule has 0 radical (unpaired) electrons. The zero-order chi connectivity index (χ0) is 25.6. The minimum atomic E-state index is -0.341. The minimum Gasteiger partial charge on any atom is -0.352 e. The van der Waals surface area contributed by atoms with E-state index in [1.807, 2.05) is 35.9 Å². The van der Waals surface area contributed by atoms with Gasteiger partial charge in [0.1, 0.15) is 18.2 Å². The lowest BCUT2D eigenvalue weighted by atomic mass is 9.87. The Morgan fingerprint density at radius 2 is 1.83 bits per heavy atom. The molecule has 5 rings (SSSR count). The van der Waals surface area contributed by atoms with Gasteiger partial charge < -0.3 is 5.32 Å². The SMILES string of the molecule is Cc1ccccc1-n1nc(C(C)(C)C)c2c1N(CC(=O)NC1CC1)C(=O)CS[C@@H]2c1ccc(F)cc1. The van der Waals surface area contributed by atoms with E-state index in [0.717, 1.165) is 40.9 Å². The average molecular weight is 507 g/mol. The summed E-state index contributed by atoms with van der Waals surface area (Å²) in [6.07, 6.45) is 1.95. The number of nitrogens with one attached hydrogen (secondary N) is 1. The first-order valence-electron chi connectivity index (χ1n) is 12.3. The summed E-state index contributed by atoms with van der Waals surface area (Å²) < 4.78 is 15.6. The van der Waals surface area contributed by atoms with E-state index in [9.17, 15) is 14.0 Å². The molecule has 0 spiro atoms. The second kappa shape index (κ2) is 9.39. The Hall–Kier alpha value is -3.13. The number of carbonyl (C=O) groups excluding carboxylic acids is 2. The van der Waals surface area contributed by atoms with Gasteiger partial charge in [0.25, 0.3) is 0 Å². The fourth-order valence-corrected chi connectivity index (χ4v) is 5.79. The fourth-order valence-electron chi connectivity index (χ4n) is 4.59. The topological polar surface area (TPSA) is 67.2 Å². The van der Waals surface area contributed by atoms with Gasteiger partial charge in [0.2, 0.25) is 11.8 Å². The molecule has 1 aliphatic heterocycles. The number of para-hydroxylation sites is 1. The molecule has 36 heavy (non-hydrogen) atoms. The number of fused-ring (bicyclic) bond motifs is 1. The average Bonchev–Trinajstić information content (AvgIpc) is 3.57. The summed E-state index contributed by atoms with van der Waals surface area (Å²) in [5.41, 5.74) is 4.17. The molecule has 3 aromatic rings. The van der Waals surface area contributed by atoms with E-state index in [1.54, 1.807) is 17.0 Å². The summed E-state index contributed by atoms with van der Waals surface area (Å²) >= 11 is 1.50. The number of hydrogen-bond donors (Lipinski definition) is 1. The van der Waals surface area contributed by atoms with Crippen molar-refractivity contribution in [3.8, 4) is 5.69 Å². The van der Waals surface area contributed by atoms with Gasteiger partial charge in [0.15, 0.2) is 0 Å². The van der Waals surface area contributed by atoms with E-state index >= 15 is 0 Å². The number of nitrogens with zero attached hydrogens (tertiary/aromatic N) is 3. The number of thioether (sulfide) groups is 1. The predicted octanol–water partition coefficient (Wildman–Crippen LogP) is 5.07. The highest BCUT2D eigenvalue weighted by Gasteiger charge is 2.40. The quantitative estimate of drug-likeness (QED) is 0.525. The van der Waals surface area contributed by atoms with Crippen LogP contribution in [0.1, 0.15) is 61.2 Å². The third-order valence-electron chi connectivity index (χ3n) is 6.56. The number of amides is 2. The molecule has 0 saturated heterocycles. The molecular formula is C28H31FN4O2S. The molecule has 1 aliphatic carbocycles. The Kier molecular flexibility index (Phi) is 6.41. The van der Waals surface area contributed by atoms with Crippen LogP contribution in [0, 0.1) is 12.7 Å². The monoisotopic (exact) mass is 506 g/mol. The van der Waals surface area contributed by atoms with Crippen molar-refractivity contribution in [2.45, 2.75) is 57.2 Å². The molecule has 8 heteroatoms. The summed E-state index contributed by atoms with van der Waals surface area (Å²) in [4.78, 5) is 28.1. The first-order chi connectivity index (χ1) is 17.1. The Labute approximate surface area is 215 Å². The van der Waals surface area contributed by atoms with Gasteiger partial charge in [-0.3, -0.25) is 14.5 Å². The standard InChI is InChI=1S/C28H31FN4O2S/c1-17-7-5-6-8-21(17)33-27-24(26(31-33)28(2,3)4)25(18-9-11-19(29)12-10-18)36-16-23(35)32(27)15-22(34)30-20-13-14-20/h5-12,20,25H,13-16H2,1-4H3,(H,30,34)/t25-/m1/s1. The van der Waals surface area contributed by atoms with Crippen LogP contribution in [-0.2, 0) is 15.0 Å². The first kappa shape index (κ1) is 24.6. The summed E-state index contributed by atoms with van der Waals surface area (Å²) in [5.74, 6) is 0.192. The molecular weight excluding hydrogens is 475 g/mol. The summed E-state index contributed by atoms with van der Waals surface area (Å²) in [6, 6.07) is 14.5. The van der Waals surface area contributed by atoms with Crippen LogP contribution in [0.2, 0.25) is 0 Å². The third kappa shape index (κ3) is 4.78. The van der Waals surface area contributed by atoms with Crippen LogP contribution in [0.25, 0.3) is 5.69 Å². The number of hydrogen-bond acceptors (Lipinski definition) is 4. The number of anilines is 1. The van der Waals surface area contributed by atoms with Crippen molar-refractivity contribution in [1.82, 2.24) is 15.1 Å². The second-order valence-electron chi connectivity index (χ2n) is 10.6. The van der Waals surface area contributed by atoms with Crippen molar-refractivity contribution in [3.05, 3.63) is 76.7 Å². The molecule has 2 aliphatic rings.